The van der Waals surface area contributed by atoms with E-state index >= 15 is 0 Å². The van der Waals surface area contributed by atoms with Crippen LogP contribution in [-0.2, 0) is 11.2 Å². The first-order valence-electron chi connectivity index (χ1n) is 7.94. The highest BCUT2D eigenvalue weighted by molar-refractivity contribution is 5.90. The Morgan fingerprint density at radius 2 is 1.88 bits per heavy atom. The summed E-state index contributed by atoms with van der Waals surface area (Å²) in [5, 5.41) is 2.92. The van der Waals surface area contributed by atoms with Crippen molar-refractivity contribution < 1.29 is 4.79 Å². The van der Waals surface area contributed by atoms with Gasteiger partial charge in [0.05, 0.1) is 12.0 Å². The number of amides is 1. The van der Waals surface area contributed by atoms with Crippen molar-refractivity contribution in [3.63, 3.8) is 0 Å². The Balaban J connectivity index is 1.60. The van der Waals surface area contributed by atoms with Gasteiger partial charge in [-0.05, 0) is 56.7 Å². The lowest BCUT2D eigenvalue weighted by molar-refractivity contribution is -0.116. The smallest absolute Gasteiger partial charge is 0.224 e. The van der Waals surface area contributed by atoms with Crippen molar-refractivity contribution in [1.29, 1.82) is 0 Å². The Hall–Kier alpha value is -2.95. The molecule has 3 rings (SSSR count). The summed E-state index contributed by atoms with van der Waals surface area (Å²) in [6.07, 6.45) is 4.60. The highest BCUT2D eigenvalue weighted by Crippen LogP contribution is 2.17. The van der Waals surface area contributed by atoms with E-state index in [0.29, 0.717) is 12.8 Å². The Kier molecular flexibility index (Phi) is 4.70. The molecule has 0 bridgehead atoms. The van der Waals surface area contributed by atoms with Gasteiger partial charge in [0.1, 0.15) is 0 Å². The summed E-state index contributed by atoms with van der Waals surface area (Å²) in [6, 6.07) is 13.5. The SMILES string of the molecule is Cc1ncn(-c2ccc(NC(=O)CCc3ccccn3)cc2)c1C. The largest absolute Gasteiger partial charge is 0.326 e. The normalized spacial score (nSPS) is 10.6. The van der Waals surface area contributed by atoms with Crippen LogP contribution < -0.4 is 5.32 Å². The van der Waals surface area contributed by atoms with E-state index in [9.17, 15) is 4.79 Å². The van der Waals surface area contributed by atoms with Crippen molar-refractivity contribution in [3.05, 3.63) is 72.1 Å². The van der Waals surface area contributed by atoms with Crippen molar-refractivity contribution >= 4 is 11.6 Å². The van der Waals surface area contributed by atoms with Crippen molar-refractivity contribution in [1.82, 2.24) is 14.5 Å². The van der Waals surface area contributed by atoms with Crippen LogP contribution >= 0.6 is 0 Å². The molecular formula is C19H20N4O. The fraction of sp³-hybridized carbons (Fsp3) is 0.211. The molecule has 0 spiro atoms. The van der Waals surface area contributed by atoms with Crippen LogP contribution in [0.4, 0.5) is 5.69 Å². The van der Waals surface area contributed by atoms with Crippen molar-refractivity contribution in [3.8, 4) is 5.69 Å². The third kappa shape index (κ3) is 3.68. The van der Waals surface area contributed by atoms with Gasteiger partial charge in [0.2, 0.25) is 5.91 Å². The first kappa shape index (κ1) is 15.9. The molecule has 0 unspecified atom stereocenters. The summed E-state index contributed by atoms with van der Waals surface area (Å²) in [5.74, 6) is -0.0111. The molecule has 122 valence electrons. The van der Waals surface area contributed by atoms with E-state index in [2.05, 4.69) is 15.3 Å². The van der Waals surface area contributed by atoms with Gasteiger partial charge in [-0.15, -0.1) is 0 Å². The number of carbonyl (C=O) groups excluding carboxylic acids is 1. The zero-order chi connectivity index (χ0) is 16.9. The predicted molar refractivity (Wildman–Crippen MR) is 94.2 cm³/mol. The summed E-state index contributed by atoms with van der Waals surface area (Å²) in [4.78, 5) is 20.6. The molecule has 3 aromatic rings. The predicted octanol–water partition coefficient (Wildman–Crippen LogP) is 3.46. The van der Waals surface area contributed by atoms with Crippen LogP contribution in [-0.4, -0.2) is 20.4 Å². The van der Waals surface area contributed by atoms with Gasteiger partial charge < -0.3 is 9.88 Å². The first-order chi connectivity index (χ1) is 11.6. The average Bonchev–Trinajstić information content (AvgIpc) is 2.94. The number of imidazole rings is 1. The molecule has 0 saturated carbocycles. The van der Waals surface area contributed by atoms with Gasteiger partial charge in [-0.25, -0.2) is 4.98 Å². The summed E-state index contributed by atoms with van der Waals surface area (Å²) in [7, 11) is 0. The van der Waals surface area contributed by atoms with Crippen LogP contribution in [0, 0.1) is 13.8 Å². The monoisotopic (exact) mass is 320 g/mol. The number of benzene rings is 1. The van der Waals surface area contributed by atoms with Gasteiger partial charge in [-0.3, -0.25) is 9.78 Å². The zero-order valence-corrected chi connectivity index (χ0v) is 13.9. The number of hydrogen-bond acceptors (Lipinski definition) is 3. The lowest BCUT2D eigenvalue weighted by Crippen LogP contribution is -2.12. The standard InChI is InChI=1S/C19H20N4O/c1-14-15(2)23(13-21-14)18-9-6-17(7-10-18)22-19(24)11-8-16-5-3-4-12-20-16/h3-7,9-10,12-13H,8,11H2,1-2H3,(H,22,24). The molecule has 0 atom stereocenters. The first-order valence-corrected chi connectivity index (χ1v) is 7.94. The fourth-order valence-electron chi connectivity index (χ4n) is 2.48. The van der Waals surface area contributed by atoms with E-state index < -0.39 is 0 Å². The number of pyridine rings is 1. The number of hydrogen-bond donors (Lipinski definition) is 1. The number of nitrogens with zero attached hydrogens (tertiary/aromatic N) is 3. The highest BCUT2D eigenvalue weighted by Gasteiger charge is 2.06. The topological polar surface area (TPSA) is 59.8 Å². The lowest BCUT2D eigenvalue weighted by atomic mass is 10.2. The molecule has 1 N–H and O–H groups in total. The molecule has 0 saturated heterocycles. The summed E-state index contributed by atoms with van der Waals surface area (Å²) >= 11 is 0. The molecule has 1 amide bonds. The maximum absolute atomic E-state index is 12.0. The molecule has 0 radical (unpaired) electrons. The van der Waals surface area contributed by atoms with Gasteiger partial charge in [-0.2, -0.15) is 0 Å². The van der Waals surface area contributed by atoms with E-state index in [-0.39, 0.29) is 5.91 Å². The molecule has 0 aliphatic heterocycles. The number of nitrogens with one attached hydrogen (secondary N) is 1. The van der Waals surface area contributed by atoms with Crippen LogP contribution in [0.2, 0.25) is 0 Å². The van der Waals surface area contributed by atoms with Crippen LogP contribution in [0.15, 0.2) is 55.0 Å². The Morgan fingerprint density at radius 3 is 2.50 bits per heavy atom. The van der Waals surface area contributed by atoms with E-state index in [1.165, 1.54) is 0 Å². The minimum Gasteiger partial charge on any atom is -0.326 e. The quantitative estimate of drug-likeness (QED) is 0.783. The number of rotatable bonds is 5. The Bertz CT molecular complexity index is 822. The summed E-state index contributed by atoms with van der Waals surface area (Å²) in [5.41, 5.74) is 4.87. The molecule has 2 aromatic heterocycles. The van der Waals surface area contributed by atoms with Gasteiger partial charge in [-0.1, -0.05) is 6.07 Å². The van der Waals surface area contributed by atoms with Crippen molar-refractivity contribution in [2.24, 2.45) is 0 Å². The summed E-state index contributed by atoms with van der Waals surface area (Å²) in [6.45, 7) is 4.03. The second-order valence-electron chi connectivity index (χ2n) is 5.70. The minimum atomic E-state index is -0.0111. The van der Waals surface area contributed by atoms with Crippen LogP contribution in [0.25, 0.3) is 5.69 Å². The number of carbonyl (C=O) groups is 1. The minimum absolute atomic E-state index is 0.0111. The van der Waals surface area contributed by atoms with Crippen LogP contribution in [0.1, 0.15) is 23.5 Å². The molecule has 24 heavy (non-hydrogen) atoms. The van der Waals surface area contributed by atoms with Crippen LogP contribution in [0.3, 0.4) is 0 Å². The summed E-state index contributed by atoms with van der Waals surface area (Å²) < 4.78 is 2.03. The van der Waals surface area contributed by atoms with Crippen molar-refractivity contribution in [2.75, 3.05) is 5.32 Å². The molecular weight excluding hydrogens is 300 g/mol. The van der Waals surface area contributed by atoms with E-state index in [1.807, 2.05) is 67.2 Å². The lowest BCUT2D eigenvalue weighted by Gasteiger charge is -2.08. The maximum atomic E-state index is 12.0. The maximum Gasteiger partial charge on any atom is 0.224 e. The molecule has 5 nitrogen and oxygen atoms in total. The Labute approximate surface area is 141 Å². The van der Waals surface area contributed by atoms with Crippen molar-refractivity contribution in [2.45, 2.75) is 26.7 Å². The van der Waals surface area contributed by atoms with Gasteiger partial charge in [0.15, 0.2) is 0 Å². The van der Waals surface area contributed by atoms with Crippen LogP contribution in [0.5, 0.6) is 0 Å². The van der Waals surface area contributed by atoms with E-state index in [0.717, 1.165) is 28.5 Å². The highest BCUT2D eigenvalue weighted by atomic mass is 16.1. The van der Waals surface area contributed by atoms with Gasteiger partial charge >= 0.3 is 0 Å². The molecule has 5 heteroatoms. The molecule has 1 aromatic carbocycles. The molecule has 0 fully saturated rings. The molecule has 0 aliphatic rings. The Morgan fingerprint density at radius 1 is 1.08 bits per heavy atom. The van der Waals surface area contributed by atoms with E-state index in [1.54, 1.807) is 6.20 Å². The fourth-order valence-corrected chi connectivity index (χ4v) is 2.48. The zero-order valence-electron chi connectivity index (χ0n) is 13.9. The number of aromatic nitrogens is 3. The average molecular weight is 320 g/mol. The third-order valence-electron chi connectivity index (χ3n) is 4.02. The second kappa shape index (κ2) is 7.08. The third-order valence-corrected chi connectivity index (χ3v) is 4.02. The number of aryl methyl sites for hydroxylation is 2. The van der Waals surface area contributed by atoms with Gasteiger partial charge in [0, 0.05) is 35.4 Å². The second-order valence-corrected chi connectivity index (χ2v) is 5.70. The molecule has 0 aliphatic carbocycles. The number of anilines is 1. The molecule has 2 heterocycles. The van der Waals surface area contributed by atoms with Gasteiger partial charge in [0.25, 0.3) is 0 Å². The van der Waals surface area contributed by atoms with E-state index in [4.69, 9.17) is 0 Å².